The molecular weight excluding hydrogens is 286 g/mol. The summed E-state index contributed by atoms with van der Waals surface area (Å²) in [6.45, 7) is 1.90. The van der Waals surface area contributed by atoms with Gasteiger partial charge in [0.1, 0.15) is 4.88 Å². The molecule has 0 aliphatic rings. The first-order valence-corrected chi connectivity index (χ1v) is 7.66. The summed E-state index contributed by atoms with van der Waals surface area (Å²) in [5, 5.41) is 10.1. The number of benzene rings is 1. The SMILES string of the molecule is Cc1ccc(NS(=O)(=O)c2csc(C(=O)O)c2)cc1. The third-order valence-corrected chi connectivity index (χ3v) is 4.83. The highest BCUT2D eigenvalue weighted by molar-refractivity contribution is 7.92. The molecule has 0 aliphatic heterocycles. The lowest BCUT2D eigenvalue weighted by Gasteiger charge is -2.06. The Morgan fingerprint density at radius 2 is 1.89 bits per heavy atom. The summed E-state index contributed by atoms with van der Waals surface area (Å²) in [5.74, 6) is -1.14. The maximum Gasteiger partial charge on any atom is 0.345 e. The van der Waals surface area contributed by atoms with E-state index in [4.69, 9.17) is 5.11 Å². The molecule has 0 unspecified atom stereocenters. The number of carboxylic acids is 1. The van der Waals surface area contributed by atoms with Crippen LogP contribution in [0, 0.1) is 6.92 Å². The fourth-order valence-corrected chi connectivity index (χ4v) is 3.58. The Morgan fingerprint density at radius 3 is 2.42 bits per heavy atom. The minimum Gasteiger partial charge on any atom is -0.477 e. The maximum absolute atomic E-state index is 12.0. The summed E-state index contributed by atoms with van der Waals surface area (Å²) in [7, 11) is -3.74. The minimum absolute atomic E-state index is 0.00992. The average molecular weight is 297 g/mol. The molecule has 0 fully saturated rings. The van der Waals surface area contributed by atoms with E-state index in [-0.39, 0.29) is 9.77 Å². The molecular formula is C12H11NO4S2. The molecule has 1 heterocycles. The Hall–Kier alpha value is -1.86. The standard InChI is InChI=1S/C12H11NO4S2/c1-8-2-4-9(5-3-8)13-19(16,17)10-6-11(12(14)15)18-7-10/h2-7,13H,1H3,(H,14,15). The topological polar surface area (TPSA) is 83.5 Å². The number of aryl methyl sites for hydroxylation is 1. The molecule has 1 aromatic carbocycles. The Labute approximate surface area is 114 Å². The maximum atomic E-state index is 12.0. The van der Waals surface area contributed by atoms with Gasteiger partial charge >= 0.3 is 5.97 Å². The molecule has 0 bridgehead atoms. The molecule has 0 radical (unpaired) electrons. The van der Waals surface area contributed by atoms with E-state index in [9.17, 15) is 13.2 Å². The lowest BCUT2D eigenvalue weighted by Crippen LogP contribution is -2.12. The quantitative estimate of drug-likeness (QED) is 0.908. The van der Waals surface area contributed by atoms with Crippen molar-refractivity contribution in [2.24, 2.45) is 0 Å². The zero-order chi connectivity index (χ0) is 14.0. The summed E-state index contributed by atoms with van der Waals surface area (Å²) in [5.41, 5.74) is 1.46. The predicted molar refractivity (Wildman–Crippen MR) is 73.3 cm³/mol. The largest absolute Gasteiger partial charge is 0.477 e. The van der Waals surface area contributed by atoms with Crippen LogP contribution in [0.5, 0.6) is 0 Å². The second-order valence-corrected chi connectivity index (χ2v) is 6.52. The molecule has 0 aliphatic carbocycles. The number of carbonyl (C=O) groups is 1. The van der Waals surface area contributed by atoms with Gasteiger partial charge < -0.3 is 5.11 Å². The van der Waals surface area contributed by atoms with E-state index >= 15 is 0 Å². The van der Waals surface area contributed by atoms with Crippen molar-refractivity contribution in [3.63, 3.8) is 0 Å². The number of carboxylic acid groups (broad SMARTS) is 1. The average Bonchev–Trinajstić information content (AvgIpc) is 2.82. The zero-order valence-corrected chi connectivity index (χ0v) is 11.6. The minimum atomic E-state index is -3.74. The van der Waals surface area contributed by atoms with Crippen molar-refractivity contribution in [2.45, 2.75) is 11.8 Å². The highest BCUT2D eigenvalue weighted by Gasteiger charge is 2.18. The van der Waals surface area contributed by atoms with E-state index < -0.39 is 16.0 Å². The summed E-state index contributed by atoms with van der Waals surface area (Å²) in [4.78, 5) is 10.7. The second-order valence-electron chi connectivity index (χ2n) is 3.92. The van der Waals surface area contributed by atoms with Crippen molar-refractivity contribution in [1.29, 1.82) is 0 Å². The highest BCUT2D eigenvalue weighted by Crippen LogP contribution is 2.22. The van der Waals surface area contributed by atoms with Crippen LogP contribution in [0.4, 0.5) is 5.69 Å². The van der Waals surface area contributed by atoms with Gasteiger partial charge in [-0.3, -0.25) is 4.72 Å². The molecule has 0 saturated heterocycles. The van der Waals surface area contributed by atoms with Crippen LogP contribution in [0.2, 0.25) is 0 Å². The number of nitrogens with one attached hydrogen (secondary N) is 1. The van der Waals surface area contributed by atoms with E-state index in [1.165, 1.54) is 5.38 Å². The first-order chi connectivity index (χ1) is 8.88. The summed E-state index contributed by atoms with van der Waals surface area (Å²) < 4.78 is 26.5. The number of hydrogen-bond acceptors (Lipinski definition) is 4. The highest BCUT2D eigenvalue weighted by atomic mass is 32.2. The van der Waals surface area contributed by atoms with Gasteiger partial charge in [0.25, 0.3) is 10.0 Å². The Bertz CT molecular complexity index is 702. The van der Waals surface area contributed by atoms with Crippen molar-refractivity contribution in [2.75, 3.05) is 4.72 Å². The number of thiophene rings is 1. The van der Waals surface area contributed by atoms with Gasteiger partial charge in [-0.25, -0.2) is 13.2 Å². The van der Waals surface area contributed by atoms with Gasteiger partial charge in [0.2, 0.25) is 0 Å². The molecule has 5 nitrogen and oxygen atoms in total. The van der Waals surface area contributed by atoms with Crippen molar-refractivity contribution in [3.8, 4) is 0 Å². The van der Waals surface area contributed by atoms with Crippen molar-refractivity contribution < 1.29 is 18.3 Å². The summed E-state index contributed by atoms with van der Waals surface area (Å²) >= 11 is 0.879. The molecule has 1 aromatic heterocycles. The first kappa shape index (κ1) is 13.6. The van der Waals surface area contributed by atoms with E-state index in [0.29, 0.717) is 5.69 Å². The van der Waals surface area contributed by atoms with E-state index in [2.05, 4.69) is 4.72 Å². The zero-order valence-electron chi connectivity index (χ0n) is 9.95. The molecule has 0 atom stereocenters. The van der Waals surface area contributed by atoms with Crippen LogP contribution in [-0.2, 0) is 10.0 Å². The molecule has 2 N–H and O–H groups in total. The molecule has 2 rings (SSSR count). The summed E-state index contributed by atoms with van der Waals surface area (Å²) in [6, 6.07) is 8.01. The molecule has 19 heavy (non-hydrogen) atoms. The van der Waals surface area contributed by atoms with E-state index in [0.717, 1.165) is 23.0 Å². The van der Waals surface area contributed by atoms with Gasteiger partial charge in [-0.2, -0.15) is 0 Å². The van der Waals surface area contributed by atoms with Crippen LogP contribution in [0.1, 0.15) is 15.2 Å². The normalized spacial score (nSPS) is 11.2. The van der Waals surface area contributed by atoms with Crippen LogP contribution < -0.4 is 4.72 Å². The molecule has 0 spiro atoms. The Morgan fingerprint density at radius 1 is 1.26 bits per heavy atom. The lowest BCUT2D eigenvalue weighted by molar-refractivity contribution is 0.0702. The molecule has 0 saturated carbocycles. The van der Waals surface area contributed by atoms with E-state index in [1.807, 2.05) is 6.92 Å². The van der Waals surface area contributed by atoms with Crippen LogP contribution in [0.3, 0.4) is 0 Å². The van der Waals surface area contributed by atoms with Crippen LogP contribution >= 0.6 is 11.3 Å². The summed E-state index contributed by atoms with van der Waals surface area (Å²) in [6.07, 6.45) is 0. The van der Waals surface area contributed by atoms with Gasteiger partial charge in [-0.15, -0.1) is 11.3 Å². The second kappa shape index (κ2) is 5.02. The number of aromatic carboxylic acids is 1. The van der Waals surface area contributed by atoms with E-state index in [1.54, 1.807) is 24.3 Å². The van der Waals surface area contributed by atoms with Gasteiger partial charge in [0, 0.05) is 11.1 Å². The monoisotopic (exact) mass is 297 g/mol. The Kier molecular flexibility index (Phi) is 3.59. The first-order valence-electron chi connectivity index (χ1n) is 5.30. The Balaban J connectivity index is 2.26. The fraction of sp³-hybridized carbons (Fsp3) is 0.0833. The number of sulfonamides is 1. The third-order valence-electron chi connectivity index (χ3n) is 2.40. The molecule has 2 aromatic rings. The number of rotatable bonds is 4. The number of hydrogen-bond donors (Lipinski definition) is 2. The van der Waals surface area contributed by atoms with Crippen molar-refractivity contribution >= 4 is 33.0 Å². The van der Waals surface area contributed by atoms with Crippen molar-refractivity contribution in [1.82, 2.24) is 0 Å². The fourth-order valence-electron chi connectivity index (χ4n) is 1.41. The van der Waals surface area contributed by atoms with Gasteiger partial charge in [-0.05, 0) is 25.1 Å². The number of anilines is 1. The molecule has 0 amide bonds. The smallest absolute Gasteiger partial charge is 0.345 e. The van der Waals surface area contributed by atoms with Crippen LogP contribution in [-0.4, -0.2) is 19.5 Å². The molecule has 100 valence electrons. The van der Waals surface area contributed by atoms with Crippen LogP contribution in [0.15, 0.2) is 40.6 Å². The van der Waals surface area contributed by atoms with Gasteiger partial charge in [0.15, 0.2) is 0 Å². The third kappa shape index (κ3) is 3.12. The molecule has 7 heteroatoms. The van der Waals surface area contributed by atoms with Gasteiger partial charge in [0.05, 0.1) is 4.90 Å². The van der Waals surface area contributed by atoms with Crippen LogP contribution in [0.25, 0.3) is 0 Å². The predicted octanol–water partition coefficient (Wildman–Crippen LogP) is 2.56. The lowest BCUT2D eigenvalue weighted by atomic mass is 10.2. The van der Waals surface area contributed by atoms with Gasteiger partial charge in [-0.1, -0.05) is 17.7 Å². The van der Waals surface area contributed by atoms with Crippen molar-refractivity contribution in [3.05, 3.63) is 46.2 Å².